The molecule has 18 heavy (non-hydrogen) atoms. The molecule has 0 unspecified atom stereocenters. The average Bonchev–Trinajstić information content (AvgIpc) is 2.77. The van der Waals surface area contributed by atoms with Crippen molar-refractivity contribution in [2.45, 2.75) is 49.4 Å². The van der Waals surface area contributed by atoms with Crippen molar-refractivity contribution in [1.82, 2.24) is 4.31 Å². The molecule has 0 radical (unpaired) electrons. The highest BCUT2D eigenvalue weighted by Crippen LogP contribution is 2.31. The molecule has 2 fully saturated rings. The van der Waals surface area contributed by atoms with Crippen LogP contribution in [0.2, 0.25) is 0 Å². The number of hydrogen-bond donors (Lipinski definition) is 1. The van der Waals surface area contributed by atoms with Crippen LogP contribution in [0.25, 0.3) is 0 Å². The molecular weight excluding hydrogens is 254 g/mol. The van der Waals surface area contributed by atoms with Gasteiger partial charge in [0.15, 0.2) is 0 Å². The van der Waals surface area contributed by atoms with Crippen LogP contribution in [0, 0.1) is 0 Å². The smallest absolute Gasteiger partial charge is 0.217 e. The molecule has 1 aliphatic carbocycles. The number of rotatable bonds is 4. The average molecular weight is 277 g/mol. The summed E-state index contributed by atoms with van der Waals surface area (Å²) in [4.78, 5) is 0. The van der Waals surface area contributed by atoms with E-state index < -0.39 is 15.6 Å². The van der Waals surface area contributed by atoms with E-state index in [-0.39, 0.29) is 11.8 Å². The fraction of sp³-hybridized carbons (Fsp3) is 1.00. The van der Waals surface area contributed by atoms with Crippen molar-refractivity contribution in [2.75, 3.05) is 26.8 Å². The molecule has 1 N–H and O–H groups in total. The number of likely N-dealkylation sites (N-methyl/N-ethyl adjacent to an activating group) is 1. The second-order valence-corrected chi connectivity index (χ2v) is 7.86. The van der Waals surface area contributed by atoms with Gasteiger partial charge < -0.3 is 9.84 Å². The molecule has 1 saturated heterocycles. The Balaban J connectivity index is 2.00. The maximum atomic E-state index is 12.4. The lowest BCUT2D eigenvalue weighted by Crippen LogP contribution is -2.46. The van der Waals surface area contributed by atoms with Gasteiger partial charge in [0.1, 0.15) is 0 Å². The molecule has 0 amide bonds. The Morgan fingerprint density at radius 1 is 1.28 bits per heavy atom. The second kappa shape index (κ2) is 5.45. The van der Waals surface area contributed by atoms with Crippen LogP contribution in [0.1, 0.15) is 38.5 Å². The van der Waals surface area contributed by atoms with Crippen molar-refractivity contribution in [2.24, 2.45) is 0 Å². The van der Waals surface area contributed by atoms with Gasteiger partial charge in [0.2, 0.25) is 10.0 Å². The summed E-state index contributed by atoms with van der Waals surface area (Å²) < 4.78 is 31.3. The van der Waals surface area contributed by atoms with Gasteiger partial charge >= 0.3 is 0 Å². The monoisotopic (exact) mass is 277 g/mol. The van der Waals surface area contributed by atoms with Crippen molar-refractivity contribution in [3.63, 3.8) is 0 Å². The largest absolute Gasteiger partial charge is 0.389 e. The van der Waals surface area contributed by atoms with Crippen LogP contribution in [0.4, 0.5) is 0 Å². The Hall–Kier alpha value is -0.170. The van der Waals surface area contributed by atoms with Crippen LogP contribution in [0.5, 0.6) is 0 Å². The molecule has 1 heterocycles. The maximum Gasteiger partial charge on any atom is 0.217 e. The molecule has 5 nitrogen and oxygen atoms in total. The SMILES string of the molecule is CN(CC1(O)CCCC1)S(=O)(=O)C1CCOCC1. The first-order valence-corrected chi connectivity index (χ1v) is 8.20. The van der Waals surface area contributed by atoms with Crippen LogP contribution in [-0.2, 0) is 14.8 Å². The highest BCUT2D eigenvalue weighted by atomic mass is 32.2. The van der Waals surface area contributed by atoms with E-state index in [0.717, 1.165) is 12.8 Å². The summed E-state index contributed by atoms with van der Waals surface area (Å²) in [6.45, 7) is 1.26. The van der Waals surface area contributed by atoms with Gasteiger partial charge in [-0.1, -0.05) is 12.8 Å². The summed E-state index contributed by atoms with van der Waals surface area (Å²) in [6.07, 6.45) is 4.51. The highest BCUT2D eigenvalue weighted by molar-refractivity contribution is 7.89. The van der Waals surface area contributed by atoms with Crippen molar-refractivity contribution < 1.29 is 18.3 Å². The van der Waals surface area contributed by atoms with Gasteiger partial charge in [-0.05, 0) is 25.7 Å². The van der Waals surface area contributed by atoms with E-state index in [4.69, 9.17) is 4.74 Å². The minimum absolute atomic E-state index is 0.229. The normalized spacial score (nSPS) is 25.7. The van der Waals surface area contributed by atoms with E-state index in [0.29, 0.717) is 38.9 Å². The quantitative estimate of drug-likeness (QED) is 0.823. The van der Waals surface area contributed by atoms with Crippen LogP contribution in [-0.4, -0.2) is 55.5 Å². The van der Waals surface area contributed by atoms with Gasteiger partial charge in [-0.25, -0.2) is 12.7 Å². The lowest BCUT2D eigenvalue weighted by molar-refractivity contribution is 0.0326. The zero-order valence-electron chi connectivity index (χ0n) is 11.0. The van der Waals surface area contributed by atoms with Crippen LogP contribution >= 0.6 is 0 Å². The summed E-state index contributed by atoms with van der Waals surface area (Å²) in [7, 11) is -1.71. The number of hydrogen-bond acceptors (Lipinski definition) is 4. The molecule has 0 spiro atoms. The summed E-state index contributed by atoms with van der Waals surface area (Å²) in [5.74, 6) is 0. The fourth-order valence-corrected chi connectivity index (χ4v) is 4.64. The first-order chi connectivity index (χ1) is 8.44. The van der Waals surface area contributed by atoms with Gasteiger partial charge in [-0.3, -0.25) is 0 Å². The highest BCUT2D eigenvalue weighted by Gasteiger charge is 2.38. The zero-order valence-corrected chi connectivity index (χ0v) is 11.8. The first-order valence-electron chi connectivity index (χ1n) is 6.69. The molecule has 0 aromatic carbocycles. The Labute approximate surface area is 109 Å². The first kappa shape index (κ1) is 14.2. The third kappa shape index (κ3) is 3.04. The summed E-state index contributed by atoms with van der Waals surface area (Å²) in [5, 5.41) is 9.95. The molecule has 6 heteroatoms. The minimum atomic E-state index is -3.29. The fourth-order valence-electron chi connectivity index (χ4n) is 2.92. The van der Waals surface area contributed by atoms with Crippen molar-refractivity contribution in [1.29, 1.82) is 0 Å². The molecular formula is C12H23NO4S. The van der Waals surface area contributed by atoms with Gasteiger partial charge in [0.25, 0.3) is 0 Å². The minimum Gasteiger partial charge on any atom is -0.389 e. The standard InChI is InChI=1S/C12H23NO4S/c1-13(10-12(14)6-2-3-7-12)18(15,16)11-4-8-17-9-5-11/h11,14H,2-10H2,1H3. The molecule has 106 valence electrons. The van der Waals surface area contributed by atoms with E-state index in [9.17, 15) is 13.5 Å². The van der Waals surface area contributed by atoms with Crippen molar-refractivity contribution >= 4 is 10.0 Å². The van der Waals surface area contributed by atoms with Crippen LogP contribution in [0.15, 0.2) is 0 Å². The summed E-state index contributed by atoms with van der Waals surface area (Å²) in [5.41, 5.74) is -0.813. The van der Waals surface area contributed by atoms with E-state index in [1.54, 1.807) is 7.05 Å². The van der Waals surface area contributed by atoms with E-state index >= 15 is 0 Å². The van der Waals surface area contributed by atoms with Crippen LogP contribution in [0.3, 0.4) is 0 Å². The number of sulfonamides is 1. The molecule has 2 aliphatic rings. The Bertz CT molecular complexity index is 370. The zero-order chi connectivity index (χ0) is 13.2. The lowest BCUT2D eigenvalue weighted by atomic mass is 10.0. The van der Waals surface area contributed by atoms with Crippen LogP contribution < -0.4 is 0 Å². The molecule has 0 aromatic heterocycles. The second-order valence-electron chi connectivity index (χ2n) is 5.54. The lowest BCUT2D eigenvalue weighted by Gasteiger charge is -2.32. The van der Waals surface area contributed by atoms with Gasteiger partial charge in [0, 0.05) is 26.8 Å². The molecule has 0 atom stereocenters. The number of nitrogens with zero attached hydrogens (tertiary/aromatic N) is 1. The van der Waals surface area contributed by atoms with Gasteiger partial charge in [-0.15, -0.1) is 0 Å². The van der Waals surface area contributed by atoms with Gasteiger partial charge in [0.05, 0.1) is 10.9 Å². The molecule has 2 rings (SSSR count). The predicted octanol–water partition coefficient (Wildman–Crippen LogP) is 0.732. The summed E-state index contributed by atoms with van der Waals surface area (Å²) >= 11 is 0. The maximum absolute atomic E-state index is 12.4. The van der Waals surface area contributed by atoms with Gasteiger partial charge in [-0.2, -0.15) is 0 Å². The molecule has 1 aliphatic heterocycles. The van der Waals surface area contributed by atoms with E-state index in [2.05, 4.69) is 0 Å². The Kier molecular flexibility index (Phi) is 4.31. The summed E-state index contributed by atoms with van der Waals surface area (Å²) in [6, 6.07) is 0. The molecule has 1 saturated carbocycles. The predicted molar refractivity (Wildman–Crippen MR) is 68.8 cm³/mol. The van der Waals surface area contributed by atoms with Crippen molar-refractivity contribution in [3.8, 4) is 0 Å². The van der Waals surface area contributed by atoms with Crippen molar-refractivity contribution in [3.05, 3.63) is 0 Å². The Morgan fingerprint density at radius 3 is 2.39 bits per heavy atom. The number of aliphatic hydroxyl groups is 1. The molecule has 0 aromatic rings. The van der Waals surface area contributed by atoms with E-state index in [1.807, 2.05) is 0 Å². The third-order valence-electron chi connectivity index (χ3n) is 4.08. The van der Waals surface area contributed by atoms with E-state index in [1.165, 1.54) is 4.31 Å². The topological polar surface area (TPSA) is 66.8 Å². The molecule has 0 bridgehead atoms. The number of ether oxygens (including phenoxy) is 1. The third-order valence-corrected chi connectivity index (χ3v) is 6.39. The Morgan fingerprint density at radius 2 is 1.83 bits per heavy atom.